The van der Waals surface area contributed by atoms with Gasteiger partial charge in [-0.1, -0.05) is 6.07 Å². The first-order valence-electron chi connectivity index (χ1n) is 10.4. The van der Waals surface area contributed by atoms with E-state index in [9.17, 15) is 13.2 Å². The number of pyridine rings is 1. The van der Waals surface area contributed by atoms with Crippen molar-refractivity contribution in [3.05, 3.63) is 58.6 Å². The fourth-order valence-electron chi connectivity index (χ4n) is 3.49. The molecule has 1 aromatic carbocycles. The number of fused-ring (bicyclic) bond motifs is 1. The molecule has 0 saturated carbocycles. The molecule has 0 atom stereocenters. The molecule has 0 aliphatic heterocycles. The van der Waals surface area contributed by atoms with E-state index in [1.54, 1.807) is 53.4 Å². The molecular formula is C23H25N5O3S2. The predicted molar refractivity (Wildman–Crippen MR) is 134 cm³/mol. The molecule has 0 radical (unpaired) electrons. The SMILES string of the molecule is Cc1ccc(-c2cc(C(=O)Nc3ccc(C)c(NS(C)(=O)=O)c3)c3cnn(C(C)C)c3n2)s1. The Kier molecular flexibility index (Phi) is 5.98. The summed E-state index contributed by atoms with van der Waals surface area (Å²) in [5, 5.41) is 8.00. The van der Waals surface area contributed by atoms with E-state index in [0.717, 1.165) is 21.6 Å². The van der Waals surface area contributed by atoms with Crippen LogP contribution in [0.1, 0.15) is 40.7 Å². The van der Waals surface area contributed by atoms with Gasteiger partial charge in [0.2, 0.25) is 10.0 Å². The number of nitrogens with zero attached hydrogens (tertiary/aromatic N) is 3. The van der Waals surface area contributed by atoms with Gasteiger partial charge in [-0.15, -0.1) is 11.3 Å². The zero-order valence-corrected chi connectivity index (χ0v) is 20.6. The van der Waals surface area contributed by atoms with Crippen LogP contribution in [0.3, 0.4) is 0 Å². The molecule has 2 N–H and O–H groups in total. The summed E-state index contributed by atoms with van der Waals surface area (Å²) >= 11 is 1.61. The highest BCUT2D eigenvalue weighted by molar-refractivity contribution is 7.92. The monoisotopic (exact) mass is 483 g/mol. The number of sulfonamides is 1. The Balaban J connectivity index is 1.77. The number of aromatic nitrogens is 3. The fourth-order valence-corrected chi connectivity index (χ4v) is 4.94. The van der Waals surface area contributed by atoms with Crippen molar-refractivity contribution in [2.45, 2.75) is 33.7 Å². The molecule has 10 heteroatoms. The van der Waals surface area contributed by atoms with Gasteiger partial charge in [0, 0.05) is 16.6 Å². The van der Waals surface area contributed by atoms with Crippen LogP contribution in [0, 0.1) is 13.8 Å². The second-order valence-electron chi connectivity index (χ2n) is 8.24. The summed E-state index contributed by atoms with van der Waals surface area (Å²) in [6, 6.07) is 11.0. The standard InChI is InChI=1S/C23H25N5O3S2/c1-13(2)28-22-18(12-24-28)17(11-20(26-22)21-9-7-15(4)32-21)23(29)25-16-8-6-14(3)19(10-16)27-33(5,30)31/h6-13,27H,1-5H3,(H,25,29). The maximum Gasteiger partial charge on any atom is 0.256 e. The molecule has 4 rings (SSSR count). The van der Waals surface area contributed by atoms with Crippen LogP contribution in [0.2, 0.25) is 0 Å². The molecule has 1 amide bonds. The largest absolute Gasteiger partial charge is 0.322 e. The van der Waals surface area contributed by atoms with E-state index >= 15 is 0 Å². The maximum absolute atomic E-state index is 13.4. The third-order valence-corrected chi connectivity index (χ3v) is 6.70. The van der Waals surface area contributed by atoms with E-state index in [2.05, 4.69) is 15.1 Å². The third-order valence-electron chi connectivity index (χ3n) is 5.08. The van der Waals surface area contributed by atoms with Crippen molar-refractivity contribution in [1.29, 1.82) is 0 Å². The second kappa shape index (κ2) is 8.60. The molecule has 33 heavy (non-hydrogen) atoms. The minimum absolute atomic E-state index is 0.0768. The number of hydrogen-bond acceptors (Lipinski definition) is 6. The molecule has 0 aliphatic carbocycles. The van der Waals surface area contributed by atoms with Crippen LogP contribution in [0.25, 0.3) is 21.6 Å². The van der Waals surface area contributed by atoms with E-state index < -0.39 is 10.0 Å². The summed E-state index contributed by atoms with van der Waals surface area (Å²) in [6.07, 6.45) is 2.75. The lowest BCUT2D eigenvalue weighted by Crippen LogP contribution is -2.15. The minimum Gasteiger partial charge on any atom is -0.322 e. The zero-order valence-electron chi connectivity index (χ0n) is 19.0. The molecule has 0 saturated heterocycles. The van der Waals surface area contributed by atoms with Crippen molar-refractivity contribution < 1.29 is 13.2 Å². The van der Waals surface area contributed by atoms with Crippen molar-refractivity contribution in [3.63, 3.8) is 0 Å². The molecule has 3 aromatic heterocycles. The zero-order chi connectivity index (χ0) is 23.9. The number of aryl methyl sites for hydroxylation is 2. The highest BCUT2D eigenvalue weighted by atomic mass is 32.2. The lowest BCUT2D eigenvalue weighted by Gasteiger charge is -2.12. The van der Waals surface area contributed by atoms with Crippen LogP contribution < -0.4 is 10.0 Å². The third kappa shape index (κ3) is 4.91. The van der Waals surface area contributed by atoms with E-state index in [4.69, 9.17) is 4.98 Å². The first kappa shape index (κ1) is 22.9. The normalized spacial score (nSPS) is 11.8. The van der Waals surface area contributed by atoms with Crippen LogP contribution in [-0.4, -0.2) is 35.3 Å². The lowest BCUT2D eigenvalue weighted by atomic mass is 10.1. The Morgan fingerprint density at radius 2 is 1.88 bits per heavy atom. The summed E-state index contributed by atoms with van der Waals surface area (Å²) in [5.74, 6) is -0.325. The molecule has 8 nitrogen and oxygen atoms in total. The minimum atomic E-state index is -3.45. The van der Waals surface area contributed by atoms with Gasteiger partial charge in [0.05, 0.1) is 39.7 Å². The molecule has 0 bridgehead atoms. The number of benzene rings is 1. The summed E-state index contributed by atoms with van der Waals surface area (Å²) in [7, 11) is -3.45. The van der Waals surface area contributed by atoms with Crippen LogP contribution in [-0.2, 0) is 10.0 Å². The van der Waals surface area contributed by atoms with Gasteiger partial charge in [-0.3, -0.25) is 9.52 Å². The number of anilines is 2. The van der Waals surface area contributed by atoms with Crippen molar-refractivity contribution in [1.82, 2.24) is 14.8 Å². The average molecular weight is 484 g/mol. The van der Waals surface area contributed by atoms with Crippen LogP contribution in [0.15, 0.2) is 42.6 Å². The molecule has 0 unspecified atom stereocenters. The molecule has 172 valence electrons. The summed E-state index contributed by atoms with van der Waals surface area (Å²) < 4.78 is 27.6. The van der Waals surface area contributed by atoms with Gasteiger partial charge < -0.3 is 5.32 Å². The number of nitrogens with one attached hydrogen (secondary N) is 2. The van der Waals surface area contributed by atoms with Gasteiger partial charge in [0.1, 0.15) is 0 Å². The van der Waals surface area contributed by atoms with E-state index in [-0.39, 0.29) is 11.9 Å². The number of hydrogen-bond donors (Lipinski definition) is 2. The lowest BCUT2D eigenvalue weighted by molar-refractivity contribution is 0.102. The summed E-state index contributed by atoms with van der Waals surface area (Å²) in [6.45, 7) is 7.84. The second-order valence-corrected chi connectivity index (χ2v) is 11.3. The van der Waals surface area contributed by atoms with Gasteiger partial charge >= 0.3 is 0 Å². The summed E-state index contributed by atoms with van der Waals surface area (Å²) in [5.41, 5.74) is 3.44. The number of thiophene rings is 1. The molecular weight excluding hydrogens is 458 g/mol. The predicted octanol–water partition coefficient (Wildman–Crippen LogP) is 4.98. The number of carbonyl (C=O) groups is 1. The van der Waals surface area contributed by atoms with Gasteiger partial charge in [0.15, 0.2) is 5.65 Å². The number of amides is 1. The van der Waals surface area contributed by atoms with Crippen LogP contribution >= 0.6 is 11.3 Å². The van der Waals surface area contributed by atoms with Crippen LogP contribution in [0.5, 0.6) is 0 Å². The first-order valence-corrected chi connectivity index (χ1v) is 13.1. The Bertz CT molecular complexity index is 1470. The maximum atomic E-state index is 13.4. The highest BCUT2D eigenvalue weighted by Gasteiger charge is 2.19. The molecule has 4 aromatic rings. The van der Waals surface area contributed by atoms with Gasteiger partial charge in [-0.25, -0.2) is 18.1 Å². The van der Waals surface area contributed by atoms with E-state index in [1.165, 1.54) is 0 Å². The van der Waals surface area contributed by atoms with E-state index in [1.807, 2.05) is 32.9 Å². The van der Waals surface area contributed by atoms with Gasteiger partial charge in [0.25, 0.3) is 5.91 Å². The smallest absolute Gasteiger partial charge is 0.256 e. The van der Waals surface area contributed by atoms with Gasteiger partial charge in [-0.2, -0.15) is 5.10 Å². The first-order chi connectivity index (χ1) is 15.5. The van der Waals surface area contributed by atoms with Crippen molar-refractivity contribution in [2.75, 3.05) is 16.3 Å². The quantitative estimate of drug-likeness (QED) is 0.402. The van der Waals surface area contributed by atoms with Crippen molar-refractivity contribution in [3.8, 4) is 10.6 Å². The van der Waals surface area contributed by atoms with Crippen molar-refractivity contribution in [2.24, 2.45) is 0 Å². The Morgan fingerprint density at radius 1 is 1.12 bits per heavy atom. The Morgan fingerprint density at radius 3 is 2.52 bits per heavy atom. The highest BCUT2D eigenvalue weighted by Crippen LogP contribution is 2.31. The Labute approximate surface area is 196 Å². The molecule has 3 heterocycles. The number of rotatable bonds is 6. The average Bonchev–Trinajstić information content (AvgIpc) is 3.34. The topological polar surface area (TPSA) is 106 Å². The molecule has 0 fully saturated rings. The Hall–Kier alpha value is -3.24. The summed E-state index contributed by atoms with van der Waals surface area (Å²) in [4.78, 5) is 20.3. The van der Waals surface area contributed by atoms with Gasteiger partial charge in [-0.05, 0) is 63.6 Å². The van der Waals surface area contributed by atoms with Crippen molar-refractivity contribution >= 4 is 49.7 Å². The fraction of sp³-hybridized carbons (Fsp3) is 0.261. The van der Waals surface area contributed by atoms with E-state index in [0.29, 0.717) is 33.7 Å². The molecule has 0 aliphatic rings. The molecule has 0 spiro atoms. The van der Waals surface area contributed by atoms with Crippen LogP contribution in [0.4, 0.5) is 11.4 Å². The number of carbonyl (C=O) groups excluding carboxylic acids is 1.